The van der Waals surface area contributed by atoms with Crippen LogP contribution >= 0.6 is 24.0 Å². The van der Waals surface area contributed by atoms with Gasteiger partial charge in [0.2, 0.25) is 5.91 Å². The van der Waals surface area contributed by atoms with Crippen molar-refractivity contribution >= 4 is 35.8 Å². The van der Waals surface area contributed by atoms with Gasteiger partial charge in [-0.15, -0.1) is 40.8 Å². The summed E-state index contributed by atoms with van der Waals surface area (Å²) in [5.41, 5.74) is 0. The number of aliphatic imine (C=N–C) groups is 1. The van der Waals surface area contributed by atoms with Crippen LogP contribution in [-0.2, 0) is 18.4 Å². The van der Waals surface area contributed by atoms with Gasteiger partial charge in [0, 0.05) is 31.6 Å². The Morgan fingerprint density at radius 1 is 1.25 bits per heavy atom. The average molecular weight is 501 g/mol. The number of carbonyl (C=O) groups is 1. The minimum Gasteiger partial charge on any atom is -0.354 e. The monoisotopic (exact) mass is 501 g/mol. The van der Waals surface area contributed by atoms with E-state index in [4.69, 9.17) is 0 Å². The van der Waals surface area contributed by atoms with E-state index in [0.29, 0.717) is 19.1 Å². The van der Waals surface area contributed by atoms with Crippen LogP contribution in [0.2, 0.25) is 0 Å². The zero-order valence-corrected chi connectivity index (χ0v) is 19.1. The second kappa shape index (κ2) is 10.8. The van der Waals surface area contributed by atoms with Crippen molar-refractivity contribution in [3.8, 4) is 0 Å². The topological polar surface area (TPSA) is 96.2 Å². The Kier molecular flexibility index (Phi) is 8.71. The van der Waals surface area contributed by atoms with E-state index < -0.39 is 0 Å². The predicted octanol–water partition coefficient (Wildman–Crippen LogP) is 1.80. The van der Waals surface area contributed by atoms with Crippen molar-refractivity contribution in [3.05, 3.63) is 24.3 Å². The van der Waals surface area contributed by atoms with Crippen LogP contribution in [0.4, 0.5) is 0 Å². The van der Waals surface area contributed by atoms with E-state index in [9.17, 15) is 4.79 Å². The van der Waals surface area contributed by atoms with Gasteiger partial charge in [0.1, 0.15) is 12.4 Å². The SMILES string of the molecule is C=CCNC(=NCc1nnc(C)n1C)NC1CCCC(C(=O)NC2CC2)C1.I. The summed E-state index contributed by atoms with van der Waals surface area (Å²) < 4.78 is 1.94. The van der Waals surface area contributed by atoms with Crippen molar-refractivity contribution in [2.45, 2.75) is 64.1 Å². The van der Waals surface area contributed by atoms with Crippen LogP contribution in [0.15, 0.2) is 17.6 Å². The Morgan fingerprint density at radius 2 is 2.04 bits per heavy atom. The highest BCUT2D eigenvalue weighted by molar-refractivity contribution is 14.0. The lowest BCUT2D eigenvalue weighted by Gasteiger charge is -2.30. The van der Waals surface area contributed by atoms with Crippen LogP contribution in [-0.4, -0.2) is 45.3 Å². The highest BCUT2D eigenvalue weighted by Gasteiger charge is 2.31. The fourth-order valence-corrected chi connectivity index (χ4v) is 3.36. The molecule has 28 heavy (non-hydrogen) atoms. The van der Waals surface area contributed by atoms with E-state index in [1.54, 1.807) is 6.08 Å². The van der Waals surface area contributed by atoms with Gasteiger partial charge in [-0.05, 0) is 39.0 Å². The Morgan fingerprint density at radius 3 is 2.68 bits per heavy atom. The number of halogens is 1. The lowest BCUT2D eigenvalue weighted by molar-refractivity contribution is -0.126. The molecule has 2 fully saturated rings. The van der Waals surface area contributed by atoms with E-state index in [2.05, 4.69) is 37.7 Å². The number of guanidine groups is 1. The number of hydrogen-bond donors (Lipinski definition) is 3. The number of amides is 1. The van der Waals surface area contributed by atoms with E-state index in [1.165, 1.54) is 0 Å². The first kappa shape index (κ1) is 22.6. The molecule has 1 amide bonds. The van der Waals surface area contributed by atoms with Crippen LogP contribution in [0.5, 0.6) is 0 Å². The maximum atomic E-state index is 12.4. The molecule has 9 heteroatoms. The molecule has 2 unspecified atom stereocenters. The molecule has 0 aliphatic heterocycles. The van der Waals surface area contributed by atoms with Crippen molar-refractivity contribution in [1.29, 1.82) is 0 Å². The van der Waals surface area contributed by atoms with Gasteiger partial charge in [-0.1, -0.05) is 12.5 Å². The summed E-state index contributed by atoms with van der Waals surface area (Å²) in [4.78, 5) is 17.0. The number of carbonyl (C=O) groups excluding carboxylic acids is 1. The van der Waals surface area contributed by atoms with Gasteiger partial charge in [0.25, 0.3) is 0 Å². The number of aryl methyl sites for hydroxylation is 1. The van der Waals surface area contributed by atoms with Gasteiger partial charge >= 0.3 is 0 Å². The van der Waals surface area contributed by atoms with Gasteiger partial charge in [-0.2, -0.15) is 0 Å². The quantitative estimate of drug-likeness (QED) is 0.229. The third-order valence-corrected chi connectivity index (χ3v) is 5.28. The van der Waals surface area contributed by atoms with Crippen molar-refractivity contribution < 1.29 is 4.79 Å². The van der Waals surface area contributed by atoms with Crippen LogP contribution < -0.4 is 16.0 Å². The highest BCUT2D eigenvalue weighted by Crippen LogP contribution is 2.26. The highest BCUT2D eigenvalue weighted by atomic mass is 127. The minimum absolute atomic E-state index is 0. The van der Waals surface area contributed by atoms with Gasteiger partial charge < -0.3 is 20.5 Å². The summed E-state index contributed by atoms with van der Waals surface area (Å²) in [6.45, 7) is 6.75. The number of nitrogens with zero attached hydrogens (tertiary/aromatic N) is 4. The summed E-state index contributed by atoms with van der Waals surface area (Å²) in [6, 6.07) is 0.665. The molecule has 156 valence electrons. The standard InChI is InChI=1S/C19H31N7O.HI/c1-4-10-20-19(21-12-17-25-24-13(2)26(17)3)23-16-7-5-6-14(11-16)18(27)22-15-8-9-15;/h4,14-16H,1,5-12H2,2-3H3,(H,22,27)(H2,20,21,23);1H. The summed E-state index contributed by atoms with van der Waals surface area (Å²) in [5.74, 6) is 2.72. The zero-order chi connectivity index (χ0) is 19.2. The molecule has 1 aromatic heterocycles. The van der Waals surface area contributed by atoms with Crippen LogP contribution in [0, 0.1) is 12.8 Å². The lowest BCUT2D eigenvalue weighted by atomic mass is 9.85. The Labute approximate surface area is 184 Å². The molecule has 1 aromatic rings. The average Bonchev–Trinajstić information content (AvgIpc) is 3.43. The molecule has 1 heterocycles. The Balaban J connectivity index is 0.00000280. The molecule has 2 aliphatic rings. The molecule has 8 nitrogen and oxygen atoms in total. The van der Waals surface area contributed by atoms with Crippen molar-refractivity contribution in [2.24, 2.45) is 18.0 Å². The minimum atomic E-state index is 0. The molecule has 0 spiro atoms. The molecule has 0 radical (unpaired) electrons. The Bertz CT molecular complexity index is 698. The normalized spacial score (nSPS) is 22.1. The van der Waals surface area contributed by atoms with Gasteiger partial charge in [-0.25, -0.2) is 4.99 Å². The summed E-state index contributed by atoms with van der Waals surface area (Å²) in [7, 11) is 1.94. The second-order valence-corrected chi connectivity index (χ2v) is 7.54. The molecule has 0 saturated heterocycles. The summed E-state index contributed by atoms with van der Waals surface area (Å²) >= 11 is 0. The molecule has 0 aromatic carbocycles. The fraction of sp³-hybridized carbons (Fsp3) is 0.684. The van der Waals surface area contributed by atoms with Gasteiger partial charge in [0.05, 0.1) is 0 Å². The number of hydrogen-bond acceptors (Lipinski definition) is 4. The van der Waals surface area contributed by atoms with Crippen LogP contribution in [0.3, 0.4) is 0 Å². The molecule has 2 saturated carbocycles. The zero-order valence-electron chi connectivity index (χ0n) is 16.8. The van der Waals surface area contributed by atoms with Gasteiger partial charge in [-0.3, -0.25) is 4.79 Å². The third-order valence-electron chi connectivity index (χ3n) is 5.28. The predicted molar refractivity (Wildman–Crippen MR) is 121 cm³/mol. The molecule has 3 rings (SSSR count). The van der Waals surface area contributed by atoms with Crippen molar-refractivity contribution in [2.75, 3.05) is 6.54 Å². The first-order valence-corrected chi connectivity index (χ1v) is 9.87. The number of aromatic nitrogens is 3. The smallest absolute Gasteiger partial charge is 0.223 e. The first-order valence-electron chi connectivity index (χ1n) is 9.87. The lowest BCUT2D eigenvalue weighted by Crippen LogP contribution is -2.47. The third kappa shape index (κ3) is 6.46. The summed E-state index contributed by atoms with van der Waals surface area (Å²) in [5, 5.41) is 18.1. The van der Waals surface area contributed by atoms with E-state index in [0.717, 1.165) is 56.1 Å². The number of rotatable bonds is 7. The van der Waals surface area contributed by atoms with E-state index >= 15 is 0 Å². The molecule has 0 bridgehead atoms. The fourth-order valence-electron chi connectivity index (χ4n) is 3.36. The van der Waals surface area contributed by atoms with Crippen LogP contribution in [0.1, 0.15) is 50.2 Å². The van der Waals surface area contributed by atoms with Gasteiger partial charge in [0.15, 0.2) is 11.8 Å². The van der Waals surface area contributed by atoms with Crippen LogP contribution in [0.25, 0.3) is 0 Å². The molecule has 3 N–H and O–H groups in total. The first-order chi connectivity index (χ1) is 13.1. The molecular weight excluding hydrogens is 469 g/mol. The number of nitrogens with one attached hydrogen (secondary N) is 3. The van der Waals surface area contributed by atoms with Crippen molar-refractivity contribution in [1.82, 2.24) is 30.7 Å². The summed E-state index contributed by atoms with van der Waals surface area (Å²) in [6.07, 6.45) is 7.98. The van der Waals surface area contributed by atoms with Crippen molar-refractivity contribution in [3.63, 3.8) is 0 Å². The van der Waals surface area contributed by atoms with E-state index in [1.807, 2.05) is 18.5 Å². The molecule has 2 aliphatic carbocycles. The van der Waals surface area contributed by atoms with E-state index in [-0.39, 0.29) is 41.8 Å². The molecule has 2 atom stereocenters. The maximum absolute atomic E-state index is 12.4. The maximum Gasteiger partial charge on any atom is 0.223 e. The second-order valence-electron chi connectivity index (χ2n) is 7.54. The largest absolute Gasteiger partial charge is 0.354 e. The Hall–Kier alpha value is -1.65. The molecular formula is C19H32IN7O.